The summed E-state index contributed by atoms with van der Waals surface area (Å²) in [6.45, 7) is 4.41. The first kappa shape index (κ1) is 70.4. The van der Waals surface area contributed by atoms with Crippen LogP contribution in [-0.4, -0.2) is 66.5 Å². The third-order valence-electron chi connectivity index (χ3n) is 12.0. The van der Waals surface area contributed by atoms with E-state index in [2.05, 4.69) is 106 Å². The molecule has 0 radical (unpaired) electrons. The highest BCUT2D eigenvalue weighted by atomic mass is 31.2. The van der Waals surface area contributed by atoms with Crippen LogP contribution in [0.25, 0.3) is 0 Å². The van der Waals surface area contributed by atoms with Gasteiger partial charge < -0.3 is 24.2 Å². The number of aliphatic hydroxyl groups is 1. The molecule has 0 rings (SSSR count). The first-order valence-electron chi connectivity index (χ1n) is 29.1. The highest BCUT2D eigenvalue weighted by Gasteiger charge is 2.28. The fourth-order valence-electron chi connectivity index (χ4n) is 7.53. The molecule has 0 heterocycles. The summed E-state index contributed by atoms with van der Waals surface area (Å²) < 4.78 is 39.4. The first-order valence-corrected chi connectivity index (χ1v) is 30.6. The molecule has 0 aromatic rings. The Bertz CT molecular complexity index is 1610. The summed E-state index contributed by atoms with van der Waals surface area (Å²) in [6, 6.07) is 0. The van der Waals surface area contributed by atoms with Crippen molar-refractivity contribution in [1.82, 2.24) is 0 Å². The molecule has 0 aliphatic carbocycles. The van der Waals surface area contributed by atoms with Crippen molar-refractivity contribution in [3.8, 4) is 0 Å². The van der Waals surface area contributed by atoms with Gasteiger partial charge in [-0.3, -0.25) is 23.4 Å². The fourth-order valence-corrected chi connectivity index (χ4v) is 8.32. The Labute approximate surface area is 451 Å². The molecule has 0 bridgehead atoms. The number of ether oxygens (including phenoxy) is 3. The van der Waals surface area contributed by atoms with E-state index in [1.54, 1.807) is 0 Å². The highest BCUT2D eigenvalue weighted by Crippen LogP contribution is 2.43. The lowest BCUT2D eigenvalue weighted by Gasteiger charge is -2.21. The number of allylic oxidation sites excluding steroid dienone is 16. The SMILES string of the molecule is CC/C=C\C/C=C\C/C=C\C/C=C\C/C=C\CCCC(=O)OC(COC(=O)CCCCCCC/C=C\CCCCCC)COP(=O)(O)OCC(CO)OC(=O)CCCCCCCCC/C=C\C/C=C\CCCCC. The number of aliphatic hydroxyl groups excluding tert-OH is 1. The van der Waals surface area contributed by atoms with Crippen LogP contribution in [0.5, 0.6) is 0 Å². The minimum atomic E-state index is -4.77. The third kappa shape index (κ3) is 53.2. The van der Waals surface area contributed by atoms with Crippen LogP contribution in [0.4, 0.5) is 0 Å². The number of carbonyl (C=O) groups is 3. The van der Waals surface area contributed by atoms with E-state index >= 15 is 0 Å². The van der Waals surface area contributed by atoms with Crippen molar-refractivity contribution in [2.75, 3.05) is 26.4 Å². The molecule has 0 saturated heterocycles. The number of hydrogen-bond donors (Lipinski definition) is 2. The summed E-state index contributed by atoms with van der Waals surface area (Å²) in [4.78, 5) is 48.5. The number of phosphoric ester groups is 1. The van der Waals surface area contributed by atoms with Crippen molar-refractivity contribution in [2.24, 2.45) is 0 Å². The molecule has 0 saturated carbocycles. The van der Waals surface area contributed by atoms with Crippen molar-refractivity contribution in [2.45, 2.75) is 251 Å². The number of hydrogen-bond acceptors (Lipinski definition) is 10. The Morgan fingerprint density at radius 1 is 0.392 bits per heavy atom. The molecule has 2 N–H and O–H groups in total. The number of unbranched alkanes of at least 4 members (excludes halogenated alkanes) is 20. The molecule has 0 amide bonds. The maximum Gasteiger partial charge on any atom is 0.472 e. The minimum Gasteiger partial charge on any atom is -0.462 e. The standard InChI is InChI=1S/C62H105O11P/c1-4-7-10-13-16-19-22-25-27-29-31-34-37-40-43-46-49-52-61(65)72-58(54-63)56-70-74(67,68)71-57-59(55-69-60(64)51-48-45-42-39-36-33-24-21-18-15-12-9-6-3)73-62(66)53-50-47-44-41-38-35-32-30-28-26-23-20-17-14-11-8-5-2/h8,11,16-17,19-21,24-28,32,35,41,44,58-59,63H,4-7,9-10,12-15,18,22-23,29-31,33-34,36-40,42-43,45-57H2,1-3H3,(H,67,68)/b11-8-,19-16-,20-17-,24-21-,27-25-,28-26-,35-32-,44-41-. The summed E-state index contributed by atoms with van der Waals surface area (Å²) in [5.41, 5.74) is 0. The van der Waals surface area contributed by atoms with E-state index in [9.17, 15) is 28.9 Å². The maximum absolute atomic E-state index is 12.9. The van der Waals surface area contributed by atoms with Crippen molar-refractivity contribution < 1.29 is 52.2 Å². The second-order valence-corrected chi connectivity index (χ2v) is 20.5. The van der Waals surface area contributed by atoms with E-state index in [0.717, 1.165) is 109 Å². The van der Waals surface area contributed by atoms with Gasteiger partial charge in [0, 0.05) is 19.3 Å². The van der Waals surface area contributed by atoms with Gasteiger partial charge in [-0.2, -0.15) is 0 Å². The van der Waals surface area contributed by atoms with E-state index in [0.29, 0.717) is 25.7 Å². The zero-order chi connectivity index (χ0) is 54.1. The predicted molar refractivity (Wildman–Crippen MR) is 307 cm³/mol. The average Bonchev–Trinajstić information content (AvgIpc) is 3.39. The topological polar surface area (TPSA) is 155 Å². The number of carbonyl (C=O) groups excluding carboxylic acids is 3. The first-order chi connectivity index (χ1) is 36.2. The summed E-state index contributed by atoms with van der Waals surface area (Å²) in [5.74, 6) is -1.56. The Hall–Kier alpha value is -3.60. The molecule has 0 aromatic heterocycles. The lowest BCUT2D eigenvalue weighted by Crippen LogP contribution is -2.30. The van der Waals surface area contributed by atoms with Gasteiger partial charge >= 0.3 is 25.7 Å². The van der Waals surface area contributed by atoms with Gasteiger partial charge in [0.2, 0.25) is 0 Å². The van der Waals surface area contributed by atoms with Crippen LogP contribution < -0.4 is 0 Å². The van der Waals surface area contributed by atoms with Crippen LogP contribution in [0.3, 0.4) is 0 Å². The van der Waals surface area contributed by atoms with E-state index in [1.807, 2.05) is 12.2 Å². The van der Waals surface area contributed by atoms with Crippen LogP contribution in [0.15, 0.2) is 97.2 Å². The Morgan fingerprint density at radius 3 is 1.18 bits per heavy atom. The number of phosphoric acid groups is 1. The van der Waals surface area contributed by atoms with Crippen molar-refractivity contribution in [1.29, 1.82) is 0 Å². The van der Waals surface area contributed by atoms with Gasteiger partial charge in [-0.1, -0.05) is 201 Å². The molecule has 0 fully saturated rings. The normalized spacial score (nSPS) is 14.1. The molecule has 74 heavy (non-hydrogen) atoms. The molecule has 0 spiro atoms. The Morgan fingerprint density at radius 2 is 0.716 bits per heavy atom. The molecular weight excluding hydrogens is 952 g/mol. The van der Waals surface area contributed by atoms with Gasteiger partial charge in [-0.25, -0.2) is 4.57 Å². The van der Waals surface area contributed by atoms with E-state index in [1.165, 1.54) is 64.2 Å². The van der Waals surface area contributed by atoms with Crippen molar-refractivity contribution in [3.63, 3.8) is 0 Å². The zero-order valence-corrected chi connectivity index (χ0v) is 47.7. The van der Waals surface area contributed by atoms with Gasteiger partial charge in [0.25, 0.3) is 0 Å². The lowest BCUT2D eigenvalue weighted by atomic mass is 10.1. The Balaban J connectivity index is 4.79. The molecular formula is C62H105O11P. The molecule has 12 heteroatoms. The minimum absolute atomic E-state index is 0.0836. The third-order valence-corrected chi connectivity index (χ3v) is 12.9. The molecule has 3 atom stereocenters. The lowest BCUT2D eigenvalue weighted by molar-refractivity contribution is -0.161. The van der Waals surface area contributed by atoms with E-state index in [-0.39, 0.29) is 25.9 Å². The summed E-state index contributed by atoms with van der Waals surface area (Å²) in [6.07, 6.45) is 65.1. The van der Waals surface area contributed by atoms with Gasteiger partial charge in [0.15, 0.2) is 6.10 Å². The summed E-state index contributed by atoms with van der Waals surface area (Å²) in [5, 5.41) is 9.82. The fraction of sp³-hybridized carbons (Fsp3) is 0.694. The Kier molecular flexibility index (Phi) is 52.9. The van der Waals surface area contributed by atoms with E-state index in [4.69, 9.17) is 23.3 Å². The van der Waals surface area contributed by atoms with Crippen LogP contribution in [0.1, 0.15) is 239 Å². The zero-order valence-electron chi connectivity index (χ0n) is 46.8. The number of rotatable bonds is 53. The maximum atomic E-state index is 12.9. The van der Waals surface area contributed by atoms with Gasteiger partial charge in [-0.15, -0.1) is 0 Å². The molecule has 0 aliphatic rings. The van der Waals surface area contributed by atoms with Crippen LogP contribution in [-0.2, 0) is 42.2 Å². The average molecular weight is 1060 g/mol. The molecule has 0 aliphatic heterocycles. The second kappa shape index (κ2) is 55.6. The highest BCUT2D eigenvalue weighted by molar-refractivity contribution is 7.47. The molecule has 3 unspecified atom stereocenters. The smallest absolute Gasteiger partial charge is 0.462 e. The van der Waals surface area contributed by atoms with E-state index < -0.39 is 57.8 Å². The largest absolute Gasteiger partial charge is 0.472 e. The van der Waals surface area contributed by atoms with Gasteiger partial charge in [0.1, 0.15) is 12.7 Å². The monoisotopic (exact) mass is 1060 g/mol. The van der Waals surface area contributed by atoms with Crippen molar-refractivity contribution >= 4 is 25.7 Å². The van der Waals surface area contributed by atoms with Crippen molar-refractivity contribution in [3.05, 3.63) is 97.2 Å². The van der Waals surface area contributed by atoms with Gasteiger partial charge in [-0.05, 0) is 116 Å². The molecule has 0 aromatic carbocycles. The molecule has 424 valence electrons. The predicted octanol–water partition coefficient (Wildman–Crippen LogP) is 17.3. The summed E-state index contributed by atoms with van der Waals surface area (Å²) in [7, 11) is -4.77. The summed E-state index contributed by atoms with van der Waals surface area (Å²) >= 11 is 0. The second-order valence-electron chi connectivity index (χ2n) is 19.1. The van der Waals surface area contributed by atoms with Crippen LogP contribution >= 0.6 is 7.82 Å². The van der Waals surface area contributed by atoms with Crippen LogP contribution in [0, 0.1) is 0 Å². The number of esters is 3. The van der Waals surface area contributed by atoms with Gasteiger partial charge in [0.05, 0.1) is 19.8 Å². The quantitative estimate of drug-likeness (QED) is 0.0197. The van der Waals surface area contributed by atoms with Crippen LogP contribution in [0.2, 0.25) is 0 Å². The molecule has 11 nitrogen and oxygen atoms in total.